The number of ketones is 1. The fourth-order valence-corrected chi connectivity index (χ4v) is 1.06. The number of ether oxygens (including phenoxy) is 1. The first-order chi connectivity index (χ1) is 5.66. The summed E-state index contributed by atoms with van der Waals surface area (Å²) in [6.07, 6.45) is 0. The van der Waals surface area contributed by atoms with Crippen molar-refractivity contribution in [1.82, 2.24) is 0 Å². The highest BCUT2D eigenvalue weighted by atomic mass is 16.5. The van der Waals surface area contributed by atoms with E-state index in [-0.39, 0.29) is 5.78 Å². The molecule has 0 aliphatic heterocycles. The average molecular weight is 165 g/mol. The monoisotopic (exact) mass is 165 g/mol. The van der Waals surface area contributed by atoms with Gasteiger partial charge in [-0.25, -0.2) is 0 Å². The summed E-state index contributed by atoms with van der Waals surface area (Å²) >= 11 is 0. The lowest BCUT2D eigenvalue weighted by atomic mass is 10.1. The lowest BCUT2D eigenvalue weighted by molar-refractivity contribution is 0.101. The molecule has 0 atom stereocenters. The first kappa shape index (κ1) is 8.59. The summed E-state index contributed by atoms with van der Waals surface area (Å²) in [7, 11) is 1.50. The Labute approximate surface area is 71.1 Å². The third kappa shape index (κ3) is 1.39. The van der Waals surface area contributed by atoms with Crippen molar-refractivity contribution in [3.8, 4) is 5.75 Å². The van der Waals surface area contributed by atoms with Gasteiger partial charge in [0.25, 0.3) is 0 Å². The quantitative estimate of drug-likeness (QED) is 0.533. The molecular formula is C9H11NO2. The largest absolute Gasteiger partial charge is 0.494 e. The van der Waals surface area contributed by atoms with E-state index in [2.05, 4.69) is 0 Å². The number of nitrogens with two attached hydrogens (primary N) is 1. The Kier molecular flexibility index (Phi) is 2.33. The van der Waals surface area contributed by atoms with Gasteiger partial charge in [-0.2, -0.15) is 0 Å². The van der Waals surface area contributed by atoms with Crippen molar-refractivity contribution in [2.24, 2.45) is 0 Å². The van der Waals surface area contributed by atoms with Gasteiger partial charge in [-0.05, 0) is 19.1 Å². The van der Waals surface area contributed by atoms with Gasteiger partial charge in [0.1, 0.15) is 0 Å². The Bertz CT molecular complexity index is 307. The van der Waals surface area contributed by atoms with Crippen LogP contribution in [0.25, 0.3) is 0 Å². The fourth-order valence-electron chi connectivity index (χ4n) is 1.06. The molecule has 0 amide bonds. The number of anilines is 1. The van der Waals surface area contributed by atoms with Gasteiger partial charge in [0.15, 0.2) is 11.5 Å². The van der Waals surface area contributed by atoms with Crippen LogP contribution in [-0.2, 0) is 0 Å². The Hall–Kier alpha value is -1.51. The highest BCUT2D eigenvalue weighted by Crippen LogP contribution is 2.25. The average Bonchev–Trinajstić information content (AvgIpc) is 2.03. The smallest absolute Gasteiger partial charge is 0.163 e. The summed E-state index contributed by atoms with van der Waals surface area (Å²) in [6, 6.07) is 5.12. The molecule has 12 heavy (non-hydrogen) atoms. The summed E-state index contributed by atoms with van der Waals surface area (Å²) in [5.74, 6) is 0.421. The number of carbonyl (C=O) groups is 1. The molecule has 0 unspecified atom stereocenters. The molecule has 0 saturated carbocycles. The van der Waals surface area contributed by atoms with Crippen molar-refractivity contribution < 1.29 is 9.53 Å². The van der Waals surface area contributed by atoms with Gasteiger partial charge in [0.2, 0.25) is 0 Å². The third-order valence-electron chi connectivity index (χ3n) is 1.63. The normalized spacial score (nSPS) is 9.50. The first-order valence-corrected chi connectivity index (χ1v) is 3.60. The number of benzene rings is 1. The second-order valence-corrected chi connectivity index (χ2v) is 2.48. The van der Waals surface area contributed by atoms with E-state index in [1.807, 2.05) is 0 Å². The Morgan fingerprint density at radius 3 is 2.58 bits per heavy atom. The predicted molar refractivity (Wildman–Crippen MR) is 47.4 cm³/mol. The SMILES string of the molecule is COc1c(N)cccc1C(C)=O. The van der Waals surface area contributed by atoms with Crippen LogP contribution >= 0.6 is 0 Å². The van der Waals surface area contributed by atoms with E-state index in [1.54, 1.807) is 18.2 Å². The number of carbonyl (C=O) groups excluding carboxylic acids is 1. The molecule has 3 nitrogen and oxygen atoms in total. The summed E-state index contributed by atoms with van der Waals surface area (Å²) in [6.45, 7) is 1.48. The number of methoxy groups -OCH3 is 1. The third-order valence-corrected chi connectivity index (χ3v) is 1.63. The van der Waals surface area contributed by atoms with E-state index in [4.69, 9.17) is 10.5 Å². The first-order valence-electron chi connectivity index (χ1n) is 3.60. The number of rotatable bonds is 2. The van der Waals surface area contributed by atoms with Crippen LogP contribution < -0.4 is 10.5 Å². The molecule has 0 fully saturated rings. The van der Waals surface area contributed by atoms with Gasteiger partial charge in [-0.3, -0.25) is 4.79 Å². The molecule has 1 aromatic rings. The second-order valence-electron chi connectivity index (χ2n) is 2.48. The van der Waals surface area contributed by atoms with E-state index in [9.17, 15) is 4.79 Å². The van der Waals surface area contributed by atoms with Gasteiger partial charge in [0.05, 0.1) is 18.4 Å². The molecule has 0 aromatic heterocycles. The van der Waals surface area contributed by atoms with E-state index in [0.29, 0.717) is 17.0 Å². The molecule has 1 rings (SSSR count). The molecule has 3 heteroatoms. The number of Topliss-reactive ketones (excluding diaryl/α,β-unsaturated/α-hetero) is 1. The van der Waals surface area contributed by atoms with Crippen LogP contribution in [0.5, 0.6) is 5.75 Å². The van der Waals surface area contributed by atoms with Gasteiger partial charge >= 0.3 is 0 Å². The van der Waals surface area contributed by atoms with Crippen LogP contribution in [0.2, 0.25) is 0 Å². The molecule has 0 radical (unpaired) electrons. The maximum atomic E-state index is 11.0. The molecule has 0 aliphatic carbocycles. The van der Waals surface area contributed by atoms with E-state index < -0.39 is 0 Å². The molecule has 0 aliphatic rings. The topological polar surface area (TPSA) is 52.3 Å². The van der Waals surface area contributed by atoms with E-state index >= 15 is 0 Å². The van der Waals surface area contributed by atoms with Crippen LogP contribution in [0.3, 0.4) is 0 Å². The van der Waals surface area contributed by atoms with Gasteiger partial charge in [0, 0.05) is 0 Å². The highest BCUT2D eigenvalue weighted by molar-refractivity contribution is 5.98. The van der Waals surface area contributed by atoms with Crippen LogP contribution in [-0.4, -0.2) is 12.9 Å². The number of hydrogen-bond donors (Lipinski definition) is 1. The molecule has 2 N–H and O–H groups in total. The van der Waals surface area contributed by atoms with Crippen LogP contribution in [0.15, 0.2) is 18.2 Å². The minimum Gasteiger partial charge on any atom is -0.494 e. The van der Waals surface area contributed by atoms with Crippen LogP contribution in [0.1, 0.15) is 17.3 Å². The maximum Gasteiger partial charge on any atom is 0.163 e. The Morgan fingerprint density at radius 2 is 2.17 bits per heavy atom. The van der Waals surface area contributed by atoms with Crippen molar-refractivity contribution >= 4 is 11.5 Å². The maximum absolute atomic E-state index is 11.0. The summed E-state index contributed by atoms with van der Waals surface area (Å²) in [4.78, 5) is 11.0. The summed E-state index contributed by atoms with van der Waals surface area (Å²) in [5.41, 5.74) is 6.61. The lowest BCUT2D eigenvalue weighted by Gasteiger charge is -2.07. The predicted octanol–water partition coefficient (Wildman–Crippen LogP) is 1.48. The zero-order chi connectivity index (χ0) is 9.14. The zero-order valence-electron chi connectivity index (χ0n) is 7.13. The van der Waals surface area contributed by atoms with Crippen molar-refractivity contribution in [2.75, 3.05) is 12.8 Å². The molecule has 64 valence electrons. The summed E-state index contributed by atoms with van der Waals surface area (Å²) in [5, 5.41) is 0. The van der Waals surface area contributed by atoms with Crippen molar-refractivity contribution in [3.63, 3.8) is 0 Å². The molecule has 1 aromatic carbocycles. The molecule has 0 spiro atoms. The van der Waals surface area contributed by atoms with Crippen molar-refractivity contribution in [2.45, 2.75) is 6.92 Å². The number of para-hydroxylation sites is 1. The minimum atomic E-state index is -0.0425. The van der Waals surface area contributed by atoms with E-state index in [1.165, 1.54) is 14.0 Å². The summed E-state index contributed by atoms with van der Waals surface area (Å²) < 4.78 is 4.99. The minimum absolute atomic E-state index is 0.0425. The van der Waals surface area contributed by atoms with Gasteiger partial charge in [-0.15, -0.1) is 0 Å². The van der Waals surface area contributed by atoms with Crippen molar-refractivity contribution in [3.05, 3.63) is 23.8 Å². The zero-order valence-corrected chi connectivity index (χ0v) is 7.13. The van der Waals surface area contributed by atoms with E-state index in [0.717, 1.165) is 0 Å². The molecule has 0 saturated heterocycles. The lowest BCUT2D eigenvalue weighted by Crippen LogP contribution is -2.00. The second kappa shape index (κ2) is 3.26. The van der Waals surface area contributed by atoms with Gasteiger partial charge < -0.3 is 10.5 Å². The Balaban J connectivity index is 3.27. The van der Waals surface area contributed by atoms with Gasteiger partial charge in [-0.1, -0.05) is 6.07 Å². The number of nitrogen functional groups attached to an aromatic ring is 1. The van der Waals surface area contributed by atoms with Crippen LogP contribution in [0, 0.1) is 0 Å². The standard InChI is InChI=1S/C9H11NO2/c1-6(11)7-4-3-5-8(10)9(7)12-2/h3-5H,10H2,1-2H3. The molecule has 0 bridgehead atoms. The van der Waals surface area contributed by atoms with Crippen molar-refractivity contribution in [1.29, 1.82) is 0 Å². The fraction of sp³-hybridized carbons (Fsp3) is 0.222. The van der Waals surface area contributed by atoms with Crippen LogP contribution in [0.4, 0.5) is 5.69 Å². The highest BCUT2D eigenvalue weighted by Gasteiger charge is 2.09. The Morgan fingerprint density at radius 1 is 1.50 bits per heavy atom. The molecular weight excluding hydrogens is 154 g/mol. The number of hydrogen-bond acceptors (Lipinski definition) is 3. The molecule has 0 heterocycles.